The second-order valence-corrected chi connectivity index (χ2v) is 15.3. The smallest absolute Gasteiger partial charge is 0.335 e. The van der Waals surface area contributed by atoms with E-state index in [4.69, 9.17) is 13.9 Å². The minimum atomic E-state index is -3.60. The molecular formula is C33H51N5O8S. The summed E-state index contributed by atoms with van der Waals surface area (Å²) < 4.78 is 39.1. The van der Waals surface area contributed by atoms with Crippen LogP contribution in [-0.4, -0.2) is 87.6 Å². The number of sulfone groups is 1. The Hall–Kier alpha value is -3.36. The normalized spacial score (nSPS) is 20.3. The highest BCUT2D eigenvalue weighted by Gasteiger charge is 2.53. The summed E-state index contributed by atoms with van der Waals surface area (Å²) in [5.41, 5.74) is 1.34. The van der Waals surface area contributed by atoms with Crippen molar-refractivity contribution < 1.29 is 36.7 Å². The van der Waals surface area contributed by atoms with Crippen LogP contribution in [0.25, 0.3) is 11.5 Å². The fraction of sp³-hybridized carbons (Fsp3) is 0.667. The van der Waals surface area contributed by atoms with Crippen molar-refractivity contribution in [3.8, 4) is 11.5 Å². The molecule has 47 heavy (non-hydrogen) atoms. The van der Waals surface area contributed by atoms with Gasteiger partial charge in [-0.25, -0.2) is 8.42 Å². The molecule has 0 bridgehead atoms. The van der Waals surface area contributed by atoms with Gasteiger partial charge in [0.1, 0.15) is 0 Å². The lowest BCUT2D eigenvalue weighted by Gasteiger charge is -2.57. The van der Waals surface area contributed by atoms with Gasteiger partial charge in [0.05, 0.1) is 26.4 Å². The molecule has 3 N–H and O–H groups in total. The van der Waals surface area contributed by atoms with Crippen molar-refractivity contribution in [3.05, 3.63) is 29.8 Å². The predicted octanol–water partition coefficient (Wildman–Crippen LogP) is 3.69. The van der Waals surface area contributed by atoms with Crippen molar-refractivity contribution in [2.75, 3.05) is 39.2 Å². The molecule has 262 valence electrons. The van der Waals surface area contributed by atoms with Gasteiger partial charge in [-0.15, -0.1) is 5.10 Å². The maximum Gasteiger partial charge on any atom is 0.335 e. The summed E-state index contributed by atoms with van der Waals surface area (Å²) in [5.74, 6) is -0.123. The fourth-order valence-electron chi connectivity index (χ4n) is 5.66. The molecule has 0 saturated heterocycles. The van der Waals surface area contributed by atoms with E-state index in [0.29, 0.717) is 50.5 Å². The molecule has 0 radical (unpaired) electrons. The zero-order chi connectivity index (χ0) is 34.7. The van der Waals surface area contributed by atoms with Crippen molar-refractivity contribution in [1.82, 2.24) is 26.1 Å². The topological polar surface area (TPSA) is 179 Å². The van der Waals surface area contributed by atoms with Crippen molar-refractivity contribution >= 4 is 27.6 Å². The molecule has 2 fully saturated rings. The lowest BCUT2D eigenvalue weighted by molar-refractivity contribution is -0.128. The van der Waals surface area contributed by atoms with Gasteiger partial charge in [-0.3, -0.25) is 14.4 Å². The standard InChI is InChI=1S/C31H45N5O8S.C2H6/c1-30(2,3)11-9-25(37)33-23-17-31(18-23)19-24(20-31)34-26(38)10-13-42-15-16-43-14-12-32-27(39)21-5-7-22(8-6-21)28-35-36-29(44-28)45(4,40)41;1-2/h5-8,23-24H,9-20H2,1-4H3,(H,32,39)(H,33,37)(H,34,38);1-2H3. The van der Waals surface area contributed by atoms with Crippen molar-refractivity contribution in [3.63, 3.8) is 0 Å². The van der Waals surface area contributed by atoms with Crippen LogP contribution >= 0.6 is 0 Å². The first kappa shape index (κ1) is 38.1. The van der Waals surface area contributed by atoms with Crippen LogP contribution in [0.5, 0.6) is 0 Å². The highest BCUT2D eigenvalue weighted by molar-refractivity contribution is 7.90. The van der Waals surface area contributed by atoms with Crippen LogP contribution in [0.3, 0.4) is 0 Å². The average molecular weight is 678 g/mol. The van der Waals surface area contributed by atoms with Gasteiger partial charge >= 0.3 is 5.22 Å². The number of benzene rings is 1. The molecule has 2 aromatic rings. The number of aromatic nitrogens is 2. The Morgan fingerprint density at radius 1 is 0.872 bits per heavy atom. The van der Waals surface area contributed by atoms with E-state index in [9.17, 15) is 22.8 Å². The SMILES string of the molecule is CC.CC(C)(C)CCC(=O)NC1CC2(CC(NC(=O)CCOCCOCCNC(=O)c3ccc(-c4nnc(S(C)(=O)=O)o4)cc3)C2)C1. The Morgan fingerprint density at radius 3 is 1.96 bits per heavy atom. The van der Waals surface area contributed by atoms with Crippen LogP contribution in [0.15, 0.2) is 33.9 Å². The molecule has 13 nitrogen and oxygen atoms in total. The van der Waals surface area contributed by atoms with E-state index in [1.165, 1.54) is 0 Å². The van der Waals surface area contributed by atoms with Gasteiger partial charge in [-0.2, -0.15) is 0 Å². The minimum absolute atomic E-state index is 0.0198. The molecule has 2 aliphatic rings. The number of nitrogens with one attached hydrogen (secondary N) is 3. The zero-order valence-corrected chi connectivity index (χ0v) is 29.3. The molecule has 3 amide bonds. The number of rotatable bonds is 16. The largest absolute Gasteiger partial charge is 0.408 e. The molecule has 14 heteroatoms. The van der Waals surface area contributed by atoms with E-state index < -0.39 is 15.1 Å². The van der Waals surface area contributed by atoms with E-state index in [1.54, 1.807) is 24.3 Å². The van der Waals surface area contributed by atoms with Crippen LogP contribution in [0, 0.1) is 10.8 Å². The van der Waals surface area contributed by atoms with Crippen LogP contribution in [-0.2, 0) is 28.9 Å². The van der Waals surface area contributed by atoms with E-state index in [0.717, 1.165) is 38.4 Å². The predicted molar refractivity (Wildman–Crippen MR) is 176 cm³/mol. The minimum Gasteiger partial charge on any atom is -0.408 e. The van der Waals surface area contributed by atoms with Crippen LogP contribution in [0.1, 0.15) is 89.9 Å². The molecular weight excluding hydrogens is 626 g/mol. The highest BCUT2D eigenvalue weighted by Crippen LogP contribution is 2.55. The third-order valence-corrected chi connectivity index (χ3v) is 8.84. The Morgan fingerprint density at radius 2 is 1.43 bits per heavy atom. The second kappa shape index (κ2) is 17.2. The third-order valence-electron chi connectivity index (χ3n) is 8.05. The zero-order valence-electron chi connectivity index (χ0n) is 28.5. The molecule has 1 heterocycles. The molecule has 1 spiro atoms. The lowest BCUT2D eigenvalue weighted by atomic mass is 9.52. The first-order chi connectivity index (χ1) is 22.2. The number of hydrogen-bond acceptors (Lipinski definition) is 10. The molecule has 0 aliphatic heterocycles. The Bertz CT molecular complexity index is 1420. The van der Waals surface area contributed by atoms with Gasteiger partial charge in [0, 0.05) is 48.9 Å². The fourth-order valence-corrected chi connectivity index (χ4v) is 6.08. The summed E-state index contributed by atoms with van der Waals surface area (Å²) in [6, 6.07) is 6.80. The van der Waals surface area contributed by atoms with Crippen molar-refractivity contribution in [2.45, 2.75) is 96.9 Å². The number of nitrogens with zero attached hydrogens (tertiary/aromatic N) is 2. The average Bonchev–Trinajstić information content (AvgIpc) is 3.49. The molecule has 0 atom stereocenters. The van der Waals surface area contributed by atoms with E-state index in [-0.39, 0.29) is 52.9 Å². The van der Waals surface area contributed by atoms with Gasteiger partial charge in [0.25, 0.3) is 5.91 Å². The quantitative estimate of drug-likeness (QED) is 0.222. The number of ether oxygens (including phenoxy) is 2. The van der Waals surface area contributed by atoms with Gasteiger partial charge in [0.2, 0.25) is 27.5 Å². The van der Waals surface area contributed by atoms with Crippen molar-refractivity contribution in [1.29, 1.82) is 0 Å². The second-order valence-electron chi connectivity index (χ2n) is 13.4. The summed E-state index contributed by atoms with van der Waals surface area (Å²) in [6.45, 7) is 12.0. The van der Waals surface area contributed by atoms with E-state index in [1.807, 2.05) is 13.8 Å². The molecule has 2 aliphatic carbocycles. The molecule has 2 saturated carbocycles. The van der Waals surface area contributed by atoms with Crippen LogP contribution in [0.2, 0.25) is 0 Å². The highest BCUT2D eigenvalue weighted by atomic mass is 32.2. The summed E-state index contributed by atoms with van der Waals surface area (Å²) >= 11 is 0. The summed E-state index contributed by atoms with van der Waals surface area (Å²) in [5, 5.41) is 15.8. The summed E-state index contributed by atoms with van der Waals surface area (Å²) in [6.07, 6.45) is 6.66. The van der Waals surface area contributed by atoms with Crippen molar-refractivity contribution in [2.24, 2.45) is 10.8 Å². The number of carbonyl (C=O) groups excluding carboxylic acids is 3. The van der Waals surface area contributed by atoms with Gasteiger partial charge < -0.3 is 29.8 Å². The van der Waals surface area contributed by atoms with Gasteiger partial charge in [0.15, 0.2) is 0 Å². The molecule has 1 aromatic heterocycles. The van der Waals surface area contributed by atoms with E-state index >= 15 is 0 Å². The van der Waals surface area contributed by atoms with Crippen LogP contribution < -0.4 is 16.0 Å². The first-order valence-electron chi connectivity index (χ1n) is 16.4. The van der Waals surface area contributed by atoms with Gasteiger partial charge in [-0.05, 0) is 67.2 Å². The maximum absolute atomic E-state index is 12.4. The molecule has 4 rings (SSSR count). The monoisotopic (exact) mass is 677 g/mol. The Kier molecular flexibility index (Phi) is 13.9. The maximum atomic E-state index is 12.4. The molecule has 0 unspecified atom stereocenters. The number of amides is 3. The number of carbonyl (C=O) groups is 3. The summed E-state index contributed by atoms with van der Waals surface area (Å²) in [7, 11) is -3.60. The summed E-state index contributed by atoms with van der Waals surface area (Å²) in [4.78, 5) is 36.8. The Balaban J connectivity index is 0.00000294. The Labute approximate surface area is 278 Å². The third kappa shape index (κ3) is 12.3. The lowest BCUT2D eigenvalue weighted by Crippen LogP contribution is -2.61. The number of hydrogen-bond donors (Lipinski definition) is 3. The van der Waals surface area contributed by atoms with Crippen LogP contribution in [0.4, 0.5) is 0 Å². The van der Waals surface area contributed by atoms with E-state index in [2.05, 4.69) is 46.9 Å². The molecule has 1 aromatic carbocycles. The first-order valence-corrected chi connectivity index (χ1v) is 18.3. The van der Waals surface area contributed by atoms with Gasteiger partial charge in [-0.1, -0.05) is 39.7 Å².